The average Bonchev–Trinajstić information content (AvgIpc) is 2.68. The van der Waals surface area contributed by atoms with Crippen LogP contribution in [0.2, 0.25) is 0 Å². The number of aromatic nitrogens is 2. The van der Waals surface area contributed by atoms with Gasteiger partial charge in [0.2, 0.25) is 0 Å². The first-order valence-corrected chi connectivity index (χ1v) is 6.45. The summed E-state index contributed by atoms with van der Waals surface area (Å²) in [5, 5.41) is 9.83. The highest BCUT2D eigenvalue weighted by Gasteiger charge is 2.10. The molecule has 0 bridgehead atoms. The molecule has 2 rings (SSSR count). The zero-order chi connectivity index (χ0) is 10.8. The van der Waals surface area contributed by atoms with Gasteiger partial charge in [-0.3, -0.25) is 0 Å². The molecular weight excluding hydrogens is 296 g/mol. The molecule has 0 aliphatic carbocycles. The van der Waals surface area contributed by atoms with Crippen molar-refractivity contribution >= 4 is 38.9 Å². The molecule has 0 aliphatic rings. The smallest absolute Gasteiger partial charge is 0.142 e. The molecule has 5 heteroatoms. The standard InChI is InChI=1S/C10H8BrClN2S/c1-6(12)9-13-14-10(15-9)7-2-4-8(11)5-3-7/h2-6H,1H3. The van der Waals surface area contributed by atoms with Crippen LogP contribution in [0, 0.1) is 0 Å². The Bertz CT molecular complexity index is 453. The zero-order valence-electron chi connectivity index (χ0n) is 7.95. The predicted octanol–water partition coefficient (Wildman–Crippen LogP) is 4.27. The van der Waals surface area contributed by atoms with Gasteiger partial charge in [0, 0.05) is 10.0 Å². The van der Waals surface area contributed by atoms with E-state index in [0.717, 1.165) is 20.1 Å². The van der Waals surface area contributed by atoms with Gasteiger partial charge in [-0.2, -0.15) is 0 Å². The van der Waals surface area contributed by atoms with Crippen LogP contribution in [0.3, 0.4) is 0 Å². The third-order valence-electron chi connectivity index (χ3n) is 1.87. The molecule has 0 radical (unpaired) electrons. The fourth-order valence-corrected chi connectivity index (χ4v) is 2.32. The Morgan fingerprint density at radius 1 is 1.27 bits per heavy atom. The topological polar surface area (TPSA) is 25.8 Å². The maximum absolute atomic E-state index is 5.93. The fraction of sp³-hybridized carbons (Fsp3) is 0.200. The van der Waals surface area contributed by atoms with Crippen LogP contribution >= 0.6 is 38.9 Å². The largest absolute Gasteiger partial charge is 0.147 e. The molecule has 1 heterocycles. The molecule has 0 aliphatic heterocycles. The summed E-state index contributed by atoms with van der Waals surface area (Å²) in [7, 11) is 0. The Balaban J connectivity index is 2.33. The Morgan fingerprint density at radius 3 is 2.47 bits per heavy atom. The highest BCUT2D eigenvalue weighted by Crippen LogP contribution is 2.29. The molecule has 0 spiro atoms. The SMILES string of the molecule is CC(Cl)c1nnc(-c2ccc(Br)cc2)s1. The molecule has 15 heavy (non-hydrogen) atoms. The fourth-order valence-electron chi connectivity index (χ4n) is 1.10. The van der Waals surface area contributed by atoms with E-state index in [1.807, 2.05) is 31.2 Å². The van der Waals surface area contributed by atoms with Crippen LogP contribution < -0.4 is 0 Å². The van der Waals surface area contributed by atoms with E-state index >= 15 is 0 Å². The first kappa shape index (κ1) is 11.0. The summed E-state index contributed by atoms with van der Waals surface area (Å²) in [5.41, 5.74) is 1.07. The van der Waals surface area contributed by atoms with Crippen LogP contribution in [0.4, 0.5) is 0 Å². The predicted molar refractivity (Wildman–Crippen MR) is 67.3 cm³/mol. The second kappa shape index (κ2) is 4.60. The van der Waals surface area contributed by atoms with Crippen LogP contribution in [0.1, 0.15) is 17.3 Å². The first-order chi connectivity index (χ1) is 7.16. The number of halogens is 2. The molecule has 1 aromatic heterocycles. The summed E-state index contributed by atoms with van der Waals surface area (Å²) in [6.07, 6.45) is 0. The summed E-state index contributed by atoms with van der Waals surface area (Å²) >= 11 is 10.9. The van der Waals surface area contributed by atoms with E-state index in [-0.39, 0.29) is 5.38 Å². The van der Waals surface area contributed by atoms with E-state index in [1.165, 1.54) is 11.3 Å². The van der Waals surface area contributed by atoms with E-state index in [2.05, 4.69) is 26.1 Å². The van der Waals surface area contributed by atoms with Gasteiger partial charge in [0.25, 0.3) is 0 Å². The van der Waals surface area contributed by atoms with Gasteiger partial charge in [0.1, 0.15) is 10.0 Å². The molecule has 0 N–H and O–H groups in total. The number of hydrogen-bond donors (Lipinski definition) is 0. The minimum Gasteiger partial charge on any atom is -0.142 e. The van der Waals surface area contributed by atoms with Crippen molar-refractivity contribution < 1.29 is 0 Å². The van der Waals surface area contributed by atoms with E-state index in [1.54, 1.807) is 0 Å². The van der Waals surface area contributed by atoms with Crippen molar-refractivity contribution in [1.29, 1.82) is 0 Å². The van der Waals surface area contributed by atoms with Crippen molar-refractivity contribution in [2.45, 2.75) is 12.3 Å². The quantitative estimate of drug-likeness (QED) is 0.774. The third kappa shape index (κ3) is 2.56. The molecule has 1 atom stereocenters. The van der Waals surface area contributed by atoms with Crippen LogP contribution in [0.25, 0.3) is 10.6 Å². The molecule has 1 unspecified atom stereocenters. The minimum atomic E-state index is -0.0771. The van der Waals surface area contributed by atoms with Crippen molar-refractivity contribution in [1.82, 2.24) is 10.2 Å². The molecule has 2 nitrogen and oxygen atoms in total. The second-order valence-electron chi connectivity index (χ2n) is 3.07. The lowest BCUT2D eigenvalue weighted by Gasteiger charge is -1.95. The maximum atomic E-state index is 5.93. The van der Waals surface area contributed by atoms with Gasteiger partial charge in [-0.25, -0.2) is 0 Å². The molecule has 0 saturated heterocycles. The summed E-state index contributed by atoms with van der Waals surface area (Å²) < 4.78 is 1.06. The highest BCUT2D eigenvalue weighted by atomic mass is 79.9. The summed E-state index contributed by atoms with van der Waals surface area (Å²) in [6.45, 7) is 1.90. The van der Waals surface area contributed by atoms with Gasteiger partial charge >= 0.3 is 0 Å². The number of nitrogens with zero attached hydrogens (tertiary/aromatic N) is 2. The molecule has 0 saturated carbocycles. The number of hydrogen-bond acceptors (Lipinski definition) is 3. The van der Waals surface area contributed by atoms with Crippen molar-refractivity contribution in [3.8, 4) is 10.6 Å². The number of benzene rings is 1. The van der Waals surface area contributed by atoms with Crippen LogP contribution in [0.5, 0.6) is 0 Å². The lowest BCUT2D eigenvalue weighted by atomic mass is 10.2. The van der Waals surface area contributed by atoms with Crippen molar-refractivity contribution in [2.75, 3.05) is 0 Å². The van der Waals surface area contributed by atoms with Gasteiger partial charge in [0.15, 0.2) is 0 Å². The molecule has 0 amide bonds. The van der Waals surface area contributed by atoms with Gasteiger partial charge < -0.3 is 0 Å². The summed E-state index contributed by atoms with van der Waals surface area (Å²) in [5.74, 6) is 0. The first-order valence-electron chi connectivity index (χ1n) is 4.40. The minimum absolute atomic E-state index is 0.0771. The zero-order valence-corrected chi connectivity index (χ0v) is 11.1. The lowest BCUT2D eigenvalue weighted by Crippen LogP contribution is -1.80. The number of alkyl halides is 1. The normalized spacial score (nSPS) is 12.7. The number of rotatable bonds is 2. The molecule has 0 fully saturated rings. The van der Waals surface area contributed by atoms with E-state index in [0.29, 0.717) is 0 Å². The maximum Gasteiger partial charge on any atom is 0.147 e. The van der Waals surface area contributed by atoms with Gasteiger partial charge in [-0.15, -0.1) is 21.8 Å². The summed E-state index contributed by atoms with van der Waals surface area (Å²) in [6, 6.07) is 7.99. The van der Waals surface area contributed by atoms with Crippen molar-refractivity contribution in [3.05, 3.63) is 33.7 Å². The second-order valence-corrected chi connectivity index (χ2v) is 5.65. The Morgan fingerprint density at radius 2 is 1.93 bits per heavy atom. The van der Waals surface area contributed by atoms with Crippen LogP contribution in [-0.2, 0) is 0 Å². The molecule has 2 aromatic rings. The van der Waals surface area contributed by atoms with E-state index in [4.69, 9.17) is 11.6 Å². The Kier molecular flexibility index (Phi) is 3.38. The Hall–Kier alpha value is -0.450. The molecule has 1 aromatic carbocycles. The van der Waals surface area contributed by atoms with Crippen molar-refractivity contribution in [2.24, 2.45) is 0 Å². The van der Waals surface area contributed by atoms with Crippen LogP contribution in [-0.4, -0.2) is 10.2 Å². The Labute approximate surface area is 105 Å². The van der Waals surface area contributed by atoms with Gasteiger partial charge in [-0.1, -0.05) is 39.4 Å². The molecular formula is C10H8BrClN2S. The van der Waals surface area contributed by atoms with E-state index < -0.39 is 0 Å². The van der Waals surface area contributed by atoms with Crippen molar-refractivity contribution in [3.63, 3.8) is 0 Å². The monoisotopic (exact) mass is 302 g/mol. The van der Waals surface area contributed by atoms with Gasteiger partial charge in [0.05, 0.1) is 5.38 Å². The summed E-state index contributed by atoms with van der Waals surface area (Å²) in [4.78, 5) is 0. The highest BCUT2D eigenvalue weighted by molar-refractivity contribution is 9.10. The van der Waals surface area contributed by atoms with Crippen LogP contribution in [0.15, 0.2) is 28.7 Å². The third-order valence-corrected chi connectivity index (χ3v) is 3.89. The van der Waals surface area contributed by atoms with E-state index in [9.17, 15) is 0 Å². The lowest BCUT2D eigenvalue weighted by molar-refractivity contribution is 0.962. The average molecular weight is 304 g/mol. The van der Waals surface area contributed by atoms with Gasteiger partial charge in [-0.05, 0) is 19.1 Å². The molecule has 78 valence electrons.